The highest BCUT2D eigenvalue weighted by molar-refractivity contribution is 5.45. The first kappa shape index (κ1) is 15.2. The molecule has 0 saturated carbocycles. The first-order chi connectivity index (χ1) is 10.7. The van der Waals surface area contributed by atoms with Gasteiger partial charge in [0.05, 0.1) is 18.1 Å². The molecule has 2 heterocycles. The summed E-state index contributed by atoms with van der Waals surface area (Å²) in [6.45, 7) is 4.31. The van der Waals surface area contributed by atoms with Crippen molar-refractivity contribution in [1.29, 1.82) is 0 Å². The highest BCUT2D eigenvalue weighted by atomic mass is 16.7. The lowest BCUT2D eigenvalue weighted by Crippen LogP contribution is -2.46. The van der Waals surface area contributed by atoms with E-state index >= 15 is 0 Å². The van der Waals surface area contributed by atoms with Gasteiger partial charge in [0.1, 0.15) is 6.61 Å². The number of piperidine rings is 1. The van der Waals surface area contributed by atoms with Crippen molar-refractivity contribution in [1.82, 2.24) is 4.90 Å². The summed E-state index contributed by atoms with van der Waals surface area (Å²) < 4.78 is 17.0. The van der Waals surface area contributed by atoms with E-state index in [2.05, 4.69) is 4.90 Å². The molecule has 7 nitrogen and oxygen atoms in total. The molecule has 0 amide bonds. The molecule has 0 atom stereocenters. The number of hydrogen-bond acceptors (Lipinski definition) is 6. The molecule has 0 bridgehead atoms. The number of likely N-dealkylation sites (tertiary alicyclic amines) is 1. The van der Waals surface area contributed by atoms with Gasteiger partial charge in [0.2, 0.25) is 0 Å². The van der Waals surface area contributed by atoms with Crippen LogP contribution >= 0.6 is 0 Å². The predicted octanol–water partition coefficient (Wildman–Crippen LogP) is 1.81. The molecule has 0 aromatic heterocycles. The third-order valence-electron chi connectivity index (χ3n) is 4.16. The Morgan fingerprint density at radius 3 is 2.59 bits per heavy atom. The molecule has 0 N–H and O–H groups in total. The van der Waals surface area contributed by atoms with E-state index in [9.17, 15) is 10.1 Å². The first-order valence-corrected chi connectivity index (χ1v) is 7.55. The number of hydrogen-bond donors (Lipinski definition) is 0. The van der Waals surface area contributed by atoms with Crippen molar-refractivity contribution in [3.05, 3.63) is 34.4 Å². The van der Waals surface area contributed by atoms with E-state index in [0.717, 1.165) is 32.5 Å². The average Bonchev–Trinajstić information content (AvgIpc) is 2.98. The molecule has 2 aliphatic heterocycles. The van der Waals surface area contributed by atoms with Crippen LogP contribution in [0.3, 0.4) is 0 Å². The van der Waals surface area contributed by atoms with Gasteiger partial charge in [0.25, 0.3) is 0 Å². The summed E-state index contributed by atoms with van der Waals surface area (Å²) in [4.78, 5) is 12.8. The molecule has 1 spiro atoms. The normalized spacial score (nSPS) is 21.1. The molecule has 22 heavy (non-hydrogen) atoms. The summed E-state index contributed by atoms with van der Waals surface area (Å²) in [5.41, 5.74) is 0.00727. The smallest absolute Gasteiger partial charge is 0.310 e. The maximum absolute atomic E-state index is 10.9. The third kappa shape index (κ3) is 3.37. The molecule has 0 radical (unpaired) electrons. The number of para-hydroxylation sites is 2. The Bertz CT molecular complexity index is 520. The first-order valence-electron chi connectivity index (χ1n) is 7.55. The molecule has 7 heteroatoms. The van der Waals surface area contributed by atoms with Gasteiger partial charge < -0.3 is 14.2 Å². The standard InChI is InChI=1S/C15H20N2O5/c18-17(19)13-3-1-2-4-14(13)20-10-9-16-7-5-15(6-8-16)21-11-12-22-15/h1-4H,5-12H2. The fourth-order valence-electron chi connectivity index (χ4n) is 2.92. The van der Waals surface area contributed by atoms with Crippen LogP contribution < -0.4 is 4.74 Å². The van der Waals surface area contributed by atoms with E-state index in [1.165, 1.54) is 6.07 Å². The van der Waals surface area contributed by atoms with Gasteiger partial charge in [0, 0.05) is 38.5 Å². The average molecular weight is 308 g/mol. The quantitative estimate of drug-likeness (QED) is 0.610. The van der Waals surface area contributed by atoms with E-state index in [1.54, 1.807) is 18.2 Å². The van der Waals surface area contributed by atoms with E-state index in [4.69, 9.17) is 14.2 Å². The molecule has 2 aliphatic rings. The zero-order valence-electron chi connectivity index (χ0n) is 12.4. The highest BCUT2D eigenvalue weighted by Gasteiger charge is 2.39. The summed E-state index contributed by atoms with van der Waals surface area (Å²) in [5, 5.41) is 10.9. The van der Waals surface area contributed by atoms with Gasteiger partial charge >= 0.3 is 5.69 Å². The zero-order chi connectivity index (χ0) is 15.4. The monoisotopic (exact) mass is 308 g/mol. The number of nitrogens with zero attached hydrogens (tertiary/aromatic N) is 2. The Hall–Kier alpha value is -1.70. The predicted molar refractivity (Wildman–Crippen MR) is 78.9 cm³/mol. The lowest BCUT2D eigenvalue weighted by Gasteiger charge is -2.37. The molecule has 0 aliphatic carbocycles. The Kier molecular flexibility index (Phi) is 4.56. The number of ether oxygens (including phenoxy) is 3. The maximum Gasteiger partial charge on any atom is 0.310 e. The Morgan fingerprint density at radius 2 is 1.91 bits per heavy atom. The van der Waals surface area contributed by atoms with E-state index in [-0.39, 0.29) is 11.5 Å². The molecule has 2 fully saturated rings. The summed E-state index contributed by atoms with van der Waals surface area (Å²) in [7, 11) is 0. The van der Waals surface area contributed by atoms with Crippen molar-refractivity contribution in [2.24, 2.45) is 0 Å². The van der Waals surface area contributed by atoms with Gasteiger partial charge in [-0.2, -0.15) is 0 Å². The van der Waals surface area contributed by atoms with E-state index in [0.29, 0.717) is 25.6 Å². The fourth-order valence-corrected chi connectivity index (χ4v) is 2.92. The number of rotatable bonds is 5. The third-order valence-corrected chi connectivity index (χ3v) is 4.16. The fraction of sp³-hybridized carbons (Fsp3) is 0.600. The Morgan fingerprint density at radius 1 is 1.23 bits per heavy atom. The number of benzene rings is 1. The minimum absolute atomic E-state index is 0.00727. The second-order valence-corrected chi connectivity index (χ2v) is 5.52. The van der Waals surface area contributed by atoms with Crippen LogP contribution in [-0.2, 0) is 9.47 Å². The van der Waals surface area contributed by atoms with Gasteiger partial charge in [-0.05, 0) is 6.07 Å². The van der Waals surface area contributed by atoms with Crippen LogP contribution in [0.15, 0.2) is 24.3 Å². The molecule has 3 rings (SSSR count). The summed E-state index contributed by atoms with van der Waals surface area (Å²) in [6.07, 6.45) is 1.72. The highest BCUT2D eigenvalue weighted by Crippen LogP contribution is 2.31. The second-order valence-electron chi connectivity index (χ2n) is 5.52. The topological polar surface area (TPSA) is 74.1 Å². The zero-order valence-corrected chi connectivity index (χ0v) is 12.4. The van der Waals surface area contributed by atoms with Crippen molar-refractivity contribution < 1.29 is 19.1 Å². The van der Waals surface area contributed by atoms with Crippen molar-refractivity contribution in [3.8, 4) is 5.75 Å². The molecular weight excluding hydrogens is 288 g/mol. The molecular formula is C15H20N2O5. The second kappa shape index (κ2) is 6.60. The lowest BCUT2D eigenvalue weighted by atomic mass is 10.0. The minimum atomic E-state index is -0.422. The summed E-state index contributed by atoms with van der Waals surface area (Å²) in [5.74, 6) is -0.0429. The van der Waals surface area contributed by atoms with Crippen LogP contribution in [0.1, 0.15) is 12.8 Å². The molecule has 120 valence electrons. The van der Waals surface area contributed by atoms with Crippen LogP contribution in [-0.4, -0.2) is 55.1 Å². The van der Waals surface area contributed by atoms with Gasteiger partial charge in [-0.25, -0.2) is 0 Å². The van der Waals surface area contributed by atoms with Crippen LogP contribution in [0.5, 0.6) is 5.75 Å². The van der Waals surface area contributed by atoms with Gasteiger partial charge in [-0.1, -0.05) is 12.1 Å². The van der Waals surface area contributed by atoms with E-state index in [1.807, 2.05) is 0 Å². The molecule has 0 unspecified atom stereocenters. The van der Waals surface area contributed by atoms with Crippen molar-refractivity contribution in [3.63, 3.8) is 0 Å². The van der Waals surface area contributed by atoms with Gasteiger partial charge in [-0.3, -0.25) is 15.0 Å². The SMILES string of the molecule is O=[N+]([O-])c1ccccc1OCCN1CCC2(CC1)OCCO2. The van der Waals surface area contributed by atoms with Crippen LogP contribution in [0.4, 0.5) is 5.69 Å². The number of nitro benzene ring substituents is 1. The number of nitro groups is 1. The summed E-state index contributed by atoms with van der Waals surface area (Å²) in [6, 6.07) is 6.46. The van der Waals surface area contributed by atoms with E-state index < -0.39 is 4.92 Å². The van der Waals surface area contributed by atoms with Crippen molar-refractivity contribution in [2.45, 2.75) is 18.6 Å². The maximum atomic E-state index is 10.9. The van der Waals surface area contributed by atoms with Gasteiger partial charge in [-0.15, -0.1) is 0 Å². The van der Waals surface area contributed by atoms with Crippen LogP contribution in [0.25, 0.3) is 0 Å². The van der Waals surface area contributed by atoms with Gasteiger partial charge in [0.15, 0.2) is 11.5 Å². The summed E-state index contributed by atoms with van der Waals surface area (Å²) >= 11 is 0. The van der Waals surface area contributed by atoms with Crippen LogP contribution in [0, 0.1) is 10.1 Å². The van der Waals surface area contributed by atoms with Crippen molar-refractivity contribution >= 4 is 5.69 Å². The molecule has 2 saturated heterocycles. The molecule has 1 aromatic rings. The van der Waals surface area contributed by atoms with Crippen LogP contribution in [0.2, 0.25) is 0 Å². The lowest BCUT2D eigenvalue weighted by molar-refractivity contribution is -0.385. The largest absolute Gasteiger partial charge is 0.485 e. The minimum Gasteiger partial charge on any atom is -0.485 e. The van der Waals surface area contributed by atoms with Crippen molar-refractivity contribution in [2.75, 3.05) is 39.5 Å². The Balaban J connectivity index is 1.45. The molecule has 1 aromatic carbocycles. The Labute approximate surface area is 128 Å².